The Kier molecular flexibility index (Phi) is 7.84. The van der Waals surface area contributed by atoms with Crippen LogP contribution in [0.4, 0.5) is 0 Å². The van der Waals surface area contributed by atoms with Gasteiger partial charge in [-0.25, -0.2) is 0 Å². The first-order valence-electron chi connectivity index (χ1n) is 12.2. The number of amides is 2. The second kappa shape index (κ2) is 10.5. The van der Waals surface area contributed by atoms with E-state index in [1.165, 1.54) is 0 Å². The molecular formula is C31H38N2O2. The van der Waals surface area contributed by atoms with Crippen LogP contribution in [0, 0.1) is 0 Å². The topological polar surface area (TPSA) is 58.2 Å². The zero-order chi connectivity index (χ0) is 25.8. The Balaban J connectivity index is 2.09. The van der Waals surface area contributed by atoms with E-state index in [2.05, 4.69) is 58.2 Å². The van der Waals surface area contributed by atoms with Crippen LogP contribution in [0.1, 0.15) is 80.1 Å². The van der Waals surface area contributed by atoms with E-state index in [4.69, 9.17) is 0 Å². The number of likely N-dealkylation sites (N-methyl/N-ethyl adjacent to an activating group) is 1. The largest absolute Gasteiger partial charge is 0.357 e. The molecule has 0 aliphatic carbocycles. The lowest BCUT2D eigenvalue weighted by atomic mass is 9.79. The lowest BCUT2D eigenvalue weighted by Gasteiger charge is -2.29. The highest BCUT2D eigenvalue weighted by Gasteiger charge is 2.32. The molecule has 0 spiro atoms. The summed E-state index contributed by atoms with van der Waals surface area (Å²) in [6, 6.07) is 25.0. The molecule has 0 saturated heterocycles. The molecule has 0 aromatic heterocycles. The zero-order valence-corrected chi connectivity index (χ0v) is 22.0. The summed E-state index contributed by atoms with van der Waals surface area (Å²) in [5.74, 6) is -0.833. The number of hydrogen-bond acceptors (Lipinski definition) is 2. The Bertz CT molecular complexity index is 1080. The molecule has 0 fully saturated rings. The molecule has 2 N–H and O–H groups in total. The van der Waals surface area contributed by atoms with Crippen LogP contribution in [0.2, 0.25) is 0 Å². The molecule has 35 heavy (non-hydrogen) atoms. The second-order valence-electron chi connectivity index (χ2n) is 11.2. The minimum atomic E-state index is -0.784. The molecular weight excluding hydrogens is 432 g/mol. The summed E-state index contributed by atoms with van der Waals surface area (Å²) in [5, 5.41) is 5.85. The van der Waals surface area contributed by atoms with Gasteiger partial charge >= 0.3 is 0 Å². The van der Waals surface area contributed by atoms with Gasteiger partial charge in [0.1, 0.15) is 6.04 Å². The van der Waals surface area contributed by atoms with Crippen molar-refractivity contribution in [2.75, 3.05) is 7.05 Å². The number of nitrogens with one attached hydrogen (secondary N) is 2. The molecule has 0 aliphatic heterocycles. The molecule has 2 amide bonds. The molecule has 0 unspecified atom stereocenters. The molecule has 3 rings (SSSR count). The molecule has 3 aromatic rings. The van der Waals surface area contributed by atoms with Gasteiger partial charge < -0.3 is 10.6 Å². The van der Waals surface area contributed by atoms with Gasteiger partial charge in [0.25, 0.3) is 5.91 Å². The van der Waals surface area contributed by atoms with Crippen molar-refractivity contribution >= 4 is 11.8 Å². The first-order valence-corrected chi connectivity index (χ1v) is 12.2. The predicted molar refractivity (Wildman–Crippen MR) is 144 cm³/mol. The summed E-state index contributed by atoms with van der Waals surface area (Å²) < 4.78 is 0. The number of hydrogen-bond donors (Lipinski definition) is 2. The van der Waals surface area contributed by atoms with Gasteiger partial charge in [0, 0.05) is 18.5 Å². The van der Waals surface area contributed by atoms with E-state index in [9.17, 15) is 9.59 Å². The highest BCUT2D eigenvalue weighted by atomic mass is 16.2. The van der Waals surface area contributed by atoms with Crippen molar-refractivity contribution < 1.29 is 9.59 Å². The molecule has 184 valence electrons. The maximum absolute atomic E-state index is 13.7. The standard InChI is InChI=1S/C31H38N2O2/c1-30(2,3)24-18-23(19-25(20-24)31(4,5)6)28(34)33-27(29(35)32-7)26(21-14-10-8-11-15-21)22-16-12-9-13-17-22/h8-20,26-27H,1-7H3,(H,32,35)(H,33,34)/t27-/m0/s1. The van der Waals surface area contributed by atoms with Gasteiger partial charge in [0.05, 0.1) is 0 Å². The average Bonchev–Trinajstić information content (AvgIpc) is 2.83. The van der Waals surface area contributed by atoms with Crippen LogP contribution in [0.25, 0.3) is 0 Å². The van der Waals surface area contributed by atoms with Crippen molar-refractivity contribution in [2.45, 2.75) is 64.3 Å². The van der Waals surface area contributed by atoms with Crippen molar-refractivity contribution in [1.82, 2.24) is 10.6 Å². The fourth-order valence-electron chi connectivity index (χ4n) is 4.20. The highest BCUT2D eigenvalue weighted by molar-refractivity contribution is 5.98. The van der Waals surface area contributed by atoms with E-state index in [1.807, 2.05) is 72.8 Å². The predicted octanol–water partition coefficient (Wildman–Crippen LogP) is 5.96. The normalized spacial score (nSPS) is 12.8. The number of carbonyl (C=O) groups excluding carboxylic acids is 2. The van der Waals surface area contributed by atoms with Crippen LogP contribution < -0.4 is 10.6 Å². The van der Waals surface area contributed by atoms with Gasteiger partial charge in [-0.15, -0.1) is 0 Å². The van der Waals surface area contributed by atoms with Gasteiger partial charge in [-0.05, 0) is 45.2 Å². The molecule has 0 bridgehead atoms. The van der Waals surface area contributed by atoms with Crippen molar-refractivity contribution in [3.63, 3.8) is 0 Å². The molecule has 4 nitrogen and oxygen atoms in total. The number of rotatable bonds is 6. The van der Waals surface area contributed by atoms with Crippen LogP contribution in [0.15, 0.2) is 78.9 Å². The summed E-state index contributed by atoms with van der Waals surface area (Å²) in [7, 11) is 1.60. The van der Waals surface area contributed by atoms with Gasteiger partial charge in [0.15, 0.2) is 0 Å². The molecule has 0 aliphatic rings. The Morgan fingerprint density at radius 3 is 1.49 bits per heavy atom. The quantitative estimate of drug-likeness (QED) is 0.467. The smallest absolute Gasteiger partial charge is 0.251 e. The average molecular weight is 471 g/mol. The SMILES string of the molecule is CNC(=O)[C@@H](NC(=O)c1cc(C(C)(C)C)cc(C(C)(C)C)c1)C(c1ccccc1)c1ccccc1. The van der Waals surface area contributed by atoms with Crippen LogP contribution >= 0.6 is 0 Å². The van der Waals surface area contributed by atoms with E-state index < -0.39 is 6.04 Å². The molecule has 0 saturated carbocycles. The lowest BCUT2D eigenvalue weighted by Crippen LogP contribution is -2.49. The number of carbonyl (C=O) groups is 2. The second-order valence-corrected chi connectivity index (χ2v) is 11.2. The summed E-state index contributed by atoms with van der Waals surface area (Å²) in [6.07, 6.45) is 0. The summed E-state index contributed by atoms with van der Waals surface area (Å²) in [6.45, 7) is 12.9. The third-order valence-corrected chi connectivity index (χ3v) is 6.39. The summed E-state index contributed by atoms with van der Waals surface area (Å²) in [5.41, 5.74) is 4.44. The van der Waals surface area contributed by atoms with Gasteiger partial charge in [0.2, 0.25) is 5.91 Å². The van der Waals surface area contributed by atoms with E-state index in [0.29, 0.717) is 5.56 Å². The molecule has 3 aromatic carbocycles. The van der Waals surface area contributed by atoms with Crippen molar-refractivity contribution in [3.05, 3.63) is 107 Å². The van der Waals surface area contributed by atoms with E-state index in [0.717, 1.165) is 22.3 Å². The van der Waals surface area contributed by atoms with Crippen molar-refractivity contribution in [2.24, 2.45) is 0 Å². The highest BCUT2D eigenvalue weighted by Crippen LogP contribution is 2.32. The van der Waals surface area contributed by atoms with Gasteiger partial charge in [-0.2, -0.15) is 0 Å². The van der Waals surface area contributed by atoms with Crippen LogP contribution in [-0.2, 0) is 15.6 Å². The summed E-state index contributed by atoms with van der Waals surface area (Å²) >= 11 is 0. The van der Waals surface area contributed by atoms with E-state index in [-0.39, 0.29) is 28.6 Å². The summed E-state index contributed by atoms with van der Waals surface area (Å²) in [4.78, 5) is 26.9. The minimum Gasteiger partial charge on any atom is -0.357 e. The van der Waals surface area contributed by atoms with Crippen LogP contribution in [-0.4, -0.2) is 24.9 Å². The van der Waals surface area contributed by atoms with Crippen molar-refractivity contribution in [3.8, 4) is 0 Å². The first-order chi connectivity index (χ1) is 16.4. The fraction of sp³-hybridized carbons (Fsp3) is 0.355. The van der Waals surface area contributed by atoms with Crippen LogP contribution in [0.5, 0.6) is 0 Å². The maximum Gasteiger partial charge on any atom is 0.251 e. The zero-order valence-electron chi connectivity index (χ0n) is 22.0. The van der Waals surface area contributed by atoms with Gasteiger partial charge in [-0.1, -0.05) is 108 Å². The Morgan fingerprint density at radius 1 is 0.686 bits per heavy atom. The minimum absolute atomic E-state index is 0.118. The molecule has 4 heteroatoms. The Labute approximate surface area is 210 Å². The Morgan fingerprint density at radius 2 is 1.11 bits per heavy atom. The maximum atomic E-state index is 13.7. The van der Waals surface area contributed by atoms with Gasteiger partial charge in [-0.3, -0.25) is 9.59 Å². The molecule has 0 heterocycles. The van der Waals surface area contributed by atoms with E-state index >= 15 is 0 Å². The molecule has 0 radical (unpaired) electrons. The fourth-order valence-corrected chi connectivity index (χ4v) is 4.20. The third-order valence-electron chi connectivity index (χ3n) is 6.39. The third kappa shape index (κ3) is 6.39. The van der Waals surface area contributed by atoms with Crippen molar-refractivity contribution in [1.29, 1.82) is 0 Å². The lowest BCUT2D eigenvalue weighted by molar-refractivity contribution is -0.122. The monoisotopic (exact) mass is 470 g/mol. The Hall–Kier alpha value is -3.40. The van der Waals surface area contributed by atoms with E-state index in [1.54, 1.807) is 7.05 Å². The first kappa shape index (κ1) is 26.2. The molecule has 1 atom stereocenters. The number of benzene rings is 3. The van der Waals surface area contributed by atoms with Crippen LogP contribution in [0.3, 0.4) is 0 Å².